The van der Waals surface area contributed by atoms with Gasteiger partial charge in [-0.05, 0) is 25.1 Å². The van der Waals surface area contributed by atoms with Crippen LogP contribution in [0.2, 0.25) is 5.02 Å². The number of rotatable bonds is 5. The molecule has 4 rings (SSSR count). The van der Waals surface area contributed by atoms with Gasteiger partial charge in [0.05, 0.1) is 22.3 Å². The predicted octanol–water partition coefficient (Wildman–Crippen LogP) is 5.36. The maximum absolute atomic E-state index is 12.5. The molecule has 2 heterocycles. The van der Waals surface area contributed by atoms with E-state index in [1.54, 1.807) is 17.4 Å². The summed E-state index contributed by atoms with van der Waals surface area (Å²) >= 11 is 9.20. The van der Waals surface area contributed by atoms with Crippen molar-refractivity contribution in [3.63, 3.8) is 0 Å². The summed E-state index contributed by atoms with van der Waals surface area (Å²) in [6.45, 7) is 1.80. The third-order valence-electron chi connectivity index (χ3n) is 4.21. The molecule has 2 amide bonds. The van der Waals surface area contributed by atoms with Crippen LogP contribution in [0.5, 0.6) is 0 Å². The van der Waals surface area contributed by atoms with E-state index in [1.165, 1.54) is 11.3 Å². The van der Waals surface area contributed by atoms with Gasteiger partial charge in [-0.2, -0.15) is 0 Å². The number of benzene rings is 2. The van der Waals surface area contributed by atoms with Crippen molar-refractivity contribution in [2.45, 2.75) is 6.92 Å². The van der Waals surface area contributed by atoms with Gasteiger partial charge >= 0.3 is 0 Å². The van der Waals surface area contributed by atoms with Gasteiger partial charge in [-0.3, -0.25) is 9.59 Å². The number of thiazole rings is 1. The molecule has 0 aliphatic carbocycles. The van der Waals surface area contributed by atoms with Crippen LogP contribution in [0.1, 0.15) is 14.7 Å². The summed E-state index contributed by atoms with van der Waals surface area (Å²) in [5, 5.41) is 9.64. The minimum Gasteiger partial charge on any atom is -0.342 e. The molecule has 0 atom stereocenters. The van der Waals surface area contributed by atoms with Crippen LogP contribution >= 0.6 is 34.3 Å². The lowest BCUT2D eigenvalue weighted by molar-refractivity contribution is -0.115. The average Bonchev–Trinajstić information content (AvgIpc) is 3.30. The summed E-state index contributed by atoms with van der Waals surface area (Å²) in [7, 11) is 0. The second-order valence-corrected chi connectivity index (χ2v) is 8.80. The Hall–Kier alpha value is -2.74. The largest absolute Gasteiger partial charge is 0.342 e. The van der Waals surface area contributed by atoms with E-state index < -0.39 is 0 Å². The first-order chi connectivity index (χ1) is 14.0. The lowest BCUT2D eigenvalue weighted by atomic mass is 10.1. The Balaban J connectivity index is 1.40. The predicted molar refractivity (Wildman–Crippen MR) is 120 cm³/mol. The van der Waals surface area contributed by atoms with Crippen LogP contribution in [-0.2, 0) is 4.79 Å². The molecule has 2 aromatic carbocycles. The second kappa shape index (κ2) is 8.32. The fourth-order valence-electron chi connectivity index (χ4n) is 2.86. The van der Waals surface area contributed by atoms with Crippen LogP contribution < -0.4 is 10.6 Å². The molecule has 0 saturated carbocycles. The fourth-order valence-corrected chi connectivity index (χ4v) is 4.91. The van der Waals surface area contributed by atoms with Crippen molar-refractivity contribution in [3.05, 3.63) is 68.8 Å². The standard InChI is InChI=1S/C21H16ClN3O2S2/c1-12-24-16(11-28-12)13-5-4-6-14(9-13)25-18(26)10-23-21(27)20-19(22)15-7-2-3-8-17(15)29-20/h2-9,11H,10H2,1H3,(H,23,27)(H,25,26). The molecule has 8 heteroatoms. The first-order valence-corrected chi connectivity index (χ1v) is 10.9. The molecule has 0 saturated heterocycles. The van der Waals surface area contributed by atoms with Crippen molar-refractivity contribution in [2.75, 3.05) is 11.9 Å². The Labute approximate surface area is 180 Å². The smallest absolute Gasteiger partial charge is 0.263 e. The van der Waals surface area contributed by atoms with Crippen molar-refractivity contribution < 1.29 is 9.59 Å². The third-order valence-corrected chi connectivity index (χ3v) is 6.66. The van der Waals surface area contributed by atoms with E-state index in [-0.39, 0.29) is 18.4 Å². The highest BCUT2D eigenvalue weighted by Crippen LogP contribution is 2.34. The summed E-state index contributed by atoms with van der Waals surface area (Å²) in [6, 6.07) is 15.0. The van der Waals surface area contributed by atoms with Gasteiger partial charge in [0.25, 0.3) is 5.91 Å². The van der Waals surface area contributed by atoms with E-state index >= 15 is 0 Å². The Bertz CT molecular complexity index is 1220. The first kappa shape index (κ1) is 19.6. The van der Waals surface area contributed by atoms with E-state index in [1.807, 2.05) is 54.8 Å². The number of aryl methyl sites for hydroxylation is 1. The number of aromatic nitrogens is 1. The topological polar surface area (TPSA) is 71.1 Å². The molecule has 0 aliphatic rings. The van der Waals surface area contributed by atoms with Crippen LogP contribution in [0.4, 0.5) is 5.69 Å². The maximum atomic E-state index is 12.5. The van der Waals surface area contributed by atoms with Gasteiger partial charge in [-0.15, -0.1) is 22.7 Å². The van der Waals surface area contributed by atoms with Crippen LogP contribution in [0.25, 0.3) is 21.3 Å². The van der Waals surface area contributed by atoms with E-state index in [2.05, 4.69) is 15.6 Å². The first-order valence-electron chi connectivity index (χ1n) is 8.79. The highest BCUT2D eigenvalue weighted by atomic mass is 35.5. The van der Waals surface area contributed by atoms with Gasteiger partial charge < -0.3 is 10.6 Å². The molecule has 2 aromatic heterocycles. The molecule has 0 fully saturated rings. The summed E-state index contributed by atoms with van der Waals surface area (Å²) in [4.78, 5) is 29.6. The lowest BCUT2D eigenvalue weighted by Gasteiger charge is -2.08. The number of anilines is 1. The molecule has 5 nitrogen and oxygen atoms in total. The Morgan fingerprint density at radius 1 is 1.14 bits per heavy atom. The highest BCUT2D eigenvalue weighted by Gasteiger charge is 2.17. The number of nitrogens with one attached hydrogen (secondary N) is 2. The molecule has 0 bridgehead atoms. The van der Waals surface area contributed by atoms with E-state index in [4.69, 9.17) is 11.6 Å². The quantitative estimate of drug-likeness (QED) is 0.438. The second-order valence-electron chi connectivity index (χ2n) is 6.30. The Morgan fingerprint density at radius 2 is 1.97 bits per heavy atom. The monoisotopic (exact) mass is 441 g/mol. The van der Waals surface area contributed by atoms with Gasteiger partial charge in [0.15, 0.2) is 0 Å². The summed E-state index contributed by atoms with van der Waals surface area (Å²) in [5.74, 6) is -0.680. The minimum absolute atomic E-state index is 0.149. The van der Waals surface area contributed by atoms with Crippen molar-refractivity contribution in [3.8, 4) is 11.3 Å². The van der Waals surface area contributed by atoms with E-state index in [0.717, 1.165) is 26.4 Å². The van der Waals surface area contributed by atoms with Crippen molar-refractivity contribution in [1.29, 1.82) is 0 Å². The molecule has 0 radical (unpaired) electrons. The summed E-state index contributed by atoms with van der Waals surface area (Å²) in [6.07, 6.45) is 0. The number of hydrogen-bond acceptors (Lipinski definition) is 5. The zero-order valence-corrected chi connectivity index (χ0v) is 17.8. The zero-order valence-electron chi connectivity index (χ0n) is 15.4. The van der Waals surface area contributed by atoms with Crippen LogP contribution in [0.3, 0.4) is 0 Å². The number of halogens is 1. The van der Waals surface area contributed by atoms with Crippen LogP contribution in [0.15, 0.2) is 53.9 Å². The van der Waals surface area contributed by atoms with Crippen LogP contribution in [0, 0.1) is 6.92 Å². The molecule has 0 aliphatic heterocycles. The number of carbonyl (C=O) groups is 2. The zero-order chi connectivity index (χ0) is 20.4. The molecule has 29 heavy (non-hydrogen) atoms. The fraction of sp³-hybridized carbons (Fsp3) is 0.0952. The van der Waals surface area contributed by atoms with Gasteiger partial charge in [0.2, 0.25) is 5.91 Å². The summed E-state index contributed by atoms with van der Waals surface area (Å²) in [5.41, 5.74) is 2.44. The SMILES string of the molecule is Cc1nc(-c2cccc(NC(=O)CNC(=O)c3sc4ccccc4c3Cl)c2)cs1. The van der Waals surface area contributed by atoms with Gasteiger partial charge in [0, 0.05) is 26.7 Å². The number of carbonyl (C=O) groups excluding carboxylic acids is 2. The van der Waals surface area contributed by atoms with Crippen molar-refractivity contribution >= 4 is 61.9 Å². The number of hydrogen-bond donors (Lipinski definition) is 2. The average molecular weight is 442 g/mol. The molecular formula is C21H16ClN3O2S2. The van der Waals surface area contributed by atoms with Crippen molar-refractivity contribution in [1.82, 2.24) is 10.3 Å². The number of thiophene rings is 1. The minimum atomic E-state index is -0.363. The number of amides is 2. The Kier molecular flexibility index (Phi) is 5.62. The molecule has 2 N–H and O–H groups in total. The van der Waals surface area contributed by atoms with Crippen molar-refractivity contribution in [2.24, 2.45) is 0 Å². The molecule has 0 spiro atoms. The maximum Gasteiger partial charge on any atom is 0.263 e. The molecule has 4 aromatic rings. The van der Waals surface area contributed by atoms with Gasteiger partial charge in [-0.1, -0.05) is 41.9 Å². The molecule has 0 unspecified atom stereocenters. The highest BCUT2D eigenvalue weighted by molar-refractivity contribution is 7.21. The van der Waals surface area contributed by atoms with Gasteiger partial charge in [0.1, 0.15) is 4.88 Å². The number of fused-ring (bicyclic) bond motifs is 1. The van der Waals surface area contributed by atoms with Crippen LogP contribution in [-0.4, -0.2) is 23.3 Å². The lowest BCUT2D eigenvalue weighted by Crippen LogP contribution is -2.32. The van der Waals surface area contributed by atoms with E-state index in [0.29, 0.717) is 15.6 Å². The number of nitrogens with zero attached hydrogens (tertiary/aromatic N) is 1. The third kappa shape index (κ3) is 4.32. The van der Waals surface area contributed by atoms with Gasteiger partial charge in [-0.25, -0.2) is 4.98 Å². The molecule has 146 valence electrons. The summed E-state index contributed by atoms with van der Waals surface area (Å²) < 4.78 is 0.932. The molecular weight excluding hydrogens is 426 g/mol. The Morgan fingerprint density at radius 3 is 2.72 bits per heavy atom. The van der Waals surface area contributed by atoms with E-state index in [9.17, 15) is 9.59 Å². The normalized spacial score (nSPS) is 10.8.